The molecular formula is C16H23FIN5. The maximum absolute atomic E-state index is 13.3. The van der Waals surface area contributed by atoms with E-state index >= 15 is 0 Å². The minimum Gasteiger partial charge on any atom is -0.357 e. The van der Waals surface area contributed by atoms with E-state index in [1.165, 1.54) is 6.07 Å². The number of hydrogen-bond acceptors (Lipinski definition) is 2. The molecule has 0 aliphatic heterocycles. The number of guanidine groups is 1. The molecule has 23 heavy (non-hydrogen) atoms. The van der Waals surface area contributed by atoms with Crippen LogP contribution >= 0.6 is 24.0 Å². The van der Waals surface area contributed by atoms with E-state index in [-0.39, 0.29) is 29.8 Å². The Kier molecular flexibility index (Phi) is 8.60. The van der Waals surface area contributed by atoms with Gasteiger partial charge in [0, 0.05) is 32.5 Å². The van der Waals surface area contributed by atoms with E-state index < -0.39 is 0 Å². The Hall–Kier alpha value is -1.64. The van der Waals surface area contributed by atoms with Gasteiger partial charge in [-0.1, -0.05) is 12.1 Å². The summed E-state index contributed by atoms with van der Waals surface area (Å²) in [6.07, 6.45) is 3.67. The average Bonchev–Trinajstić information content (AvgIpc) is 2.99. The van der Waals surface area contributed by atoms with Crippen LogP contribution in [0, 0.1) is 5.82 Å². The third-order valence-corrected chi connectivity index (χ3v) is 3.16. The quantitative estimate of drug-likeness (QED) is 0.435. The van der Waals surface area contributed by atoms with E-state index in [2.05, 4.69) is 15.4 Å². The lowest BCUT2D eigenvalue weighted by molar-refractivity contribution is 0.473. The fourth-order valence-corrected chi connectivity index (χ4v) is 2.14. The lowest BCUT2D eigenvalue weighted by atomic mass is 10.2. The van der Waals surface area contributed by atoms with E-state index in [1.54, 1.807) is 18.3 Å². The lowest BCUT2D eigenvalue weighted by Crippen LogP contribution is -2.38. The molecule has 7 heteroatoms. The zero-order valence-electron chi connectivity index (χ0n) is 13.4. The van der Waals surface area contributed by atoms with Gasteiger partial charge in [0.15, 0.2) is 5.96 Å². The first-order chi connectivity index (χ1) is 10.7. The van der Waals surface area contributed by atoms with Gasteiger partial charge in [0.05, 0.1) is 13.1 Å². The highest BCUT2D eigenvalue weighted by molar-refractivity contribution is 14.0. The molecule has 0 bridgehead atoms. The predicted octanol–water partition coefficient (Wildman–Crippen LogP) is 2.74. The van der Waals surface area contributed by atoms with Crippen molar-refractivity contribution >= 4 is 29.9 Å². The molecule has 126 valence electrons. The summed E-state index contributed by atoms with van der Waals surface area (Å²) in [5.41, 5.74) is 0.917. The van der Waals surface area contributed by atoms with Crippen molar-refractivity contribution in [3.8, 4) is 0 Å². The maximum atomic E-state index is 13.3. The molecule has 0 spiro atoms. The monoisotopic (exact) mass is 431 g/mol. The highest BCUT2D eigenvalue weighted by Gasteiger charge is 2.06. The van der Waals surface area contributed by atoms with Crippen LogP contribution in [0.1, 0.15) is 12.5 Å². The van der Waals surface area contributed by atoms with Crippen molar-refractivity contribution in [1.29, 1.82) is 0 Å². The summed E-state index contributed by atoms with van der Waals surface area (Å²) in [7, 11) is 1.94. The molecule has 0 aliphatic carbocycles. The minimum absolute atomic E-state index is 0. The molecule has 5 nitrogen and oxygen atoms in total. The molecule has 0 saturated carbocycles. The first-order valence-electron chi connectivity index (χ1n) is 7.40. The Morgan fingerprint density at radius 1 is 1.39 bits per heavy atom. The molecule has 0 fully saturated rings. The van der Waals surface area contributed by atoms with E-state index in [9.17, 15) is 4.39 Å². The third kappa shape index (κ3) is 6.55. The van der Waals surface area contributed by atoms with Crippen molar-refractivity contribution in [2.24, 2.45) is 4.99 Å². The Labute approximate surface area is 153 Å². The average molecular weight is 431 g/mol. The fourth-order valence-electron chi connectivity index (χ4n) is 2.14. The van der Waals surface area contributed by atoms with Gasteiger partial charge >= 0.3 is 0 Å². The van der Waals surface area contributed by atoms with Gasteiger partial charge in [0.2, 0.25) is 0 Å². The van der Waals surface area contributed by atoms with Gasteiger partial charge in [-0.25, -0.2) is 4.39 Å². The Balaban J connectivity index is 0.00000264. The summed E-state index contributed by atoms with van der Waals surface area (Å²) in [6, 6.07) is 8.52. The van der Waals surface area contributed by atoms with Crippen LogP contribution in [0.25, 0.3) is 0 Å². The van der Waals surface area contributed by atoms with Gasteiger partial charge in [0.1, 0.15) is 5.82 Å². The smallest absolute Gasteiger partial charge is 0.194 e. The molecule has 1 heterocycles. The van der Waals surface area contributed by atoms with Crippen LogP contribution in [0.5, 0.6) is 0 Å². The zero-order chi connectivity index (χ0) is 15.8. The van der Waals surface area contributed by atoms with Crippen molar-refractivity contribution in [1.82, 2.24) is 20.0 Å². The van der Waals surface area contributed by atoms with Crippen LogP contribution < -0.4 is 5.32 Å². The van der Waals surface area contributed by atoms with Gasteiger partial charge in [-0.2, -0.15) is 5.10 Å². The van der Waals surface area contributed by atoms with E-state index in [0.29, 0.717) is 13.1 Å². The first kappa shape index (κ1) is 19.4. The van der Waals surface area contributed by atoms with Crippen molar-refractivity contribution in [2.75, 3.05) is 20.1 Å². The molecular weight excluding hydrogens is 408 g/mol. The largest absolute Gasteiger partial charge is 0.357 e. The number of aromatic nitrogens is 2. The number of nitrogens with zero attached hydrogens (tertiary/aromatic N) is 4. The molecule has 0 amide bonds. The number of nitrogens with one attached hydrogen (secondary N) is 1. The van der Waals surface area contributed by atoms with Crippen LogP contribution in [0.2, 0.25) is 0 Å². The molecule has 0 saturated heterocycles. The molecule has 2 aromatic rings. The number of hydrogen-bond donors (Lipinski definition) is 1. The van der Waals surface area contributed by atoms with Crippen LogP contribution in [-0.2, 0) is 13.1 Å². The number of rotatable bonds is 6. The summed E-state index contributed by atoms with van der Waals surface area (Å²) in [6.45, 7) is 4.78. The van der Waals surface area contributed by atoms with Gasteiger partial charge < -0.3 is 10.2 Å². The molecule has 1 aromatic carbocycles. The summed E-state index contributed by atoms with van der Waals surface area (Å²) < 4.78 is 15.1. The van der Waals surface area contributed by atoms with Crippen molar-refractivity contribution in [2.45, 2.75) is 20.0 Å². The SMILES string of the molecule is CCNC(=NCCn1cccn1)N(C)Cc1cccc(F)c1.I. The standard InChI is InChI=1S/C16H22FN5.HI/c1-3-18-16(19-9-11-22-10-5-8-20-22)21(2)13-14-6-4-7-15(17)12-14;/h4-8,10,12H,3,9,11,13H2,1-2H3,(H,18,19);1H. The molecule has 0 radical (unpaired) electrons. The Bertz CT molecular complexity index is 600. The second kappa shape index (κ2) is 10.2. The highest BCUT2D eigenvalue weighted by atomic mass is 127. The molecule has 0 atom stereocenters. The lowest BCUT2D eigenvalue weighted by Gasteiger charge is -2.22. The normalized spacial score (nSPS) is 11.0. The number of benzene rings is 1. The second-order valence-electron chi connectivity index (χ2n) is 4.99. The topological polar surface area (TPSA) is 45.5 Å². The van der Waals surface area contributed by atoms with Crippen molar-refractivity contribution in [3.63, 3.8) is 0 Å². The van der Waals surface area contributed by atoms with E-state index in [0.717, 1.165) is 24.6 Å². The predicted molar refractivity (Wildman–Crippen MR) is 101 cm³/mol. The van der Waals surface area contributed by atoms with E-state index in [1.807, 2.05) is 41.9 Å². The number of halogens is 2. The summed E-state index contributed by atoms with van der Waals surface area (Å²) in [5, 5.41) is 7.40. The van der Waals surface area contributed by atoms with Gasteiger partial charge in [-0.05, 0) is 30.7 Å². The Morgan fingerprint density at radius 3 is 2.87 bits per heavy atom. The maximum Gasteiger partial charge on any atom is 0.194 e. The molecule has 1 aromatic heterocycles. The van der Waals surface area contributed by atoms with Crippen molar-refractivity contribution in [3.05, 3.63) is 54.1 Å². The second-order valence-corrected chi connectivity index (χ2v) is 4.99. The van der Waals surface area contributed by atoms with Crippen LogP contribution in [0.15, 0.2) is 47.7 Å². The van der Waals surface area contributed by atoms with Crippen LogP contribution in [0.4, 0.5) is 4.39 Å². The molecule has 2 rings (SSSR count). The summed E-state index contributed by atoms with van der Waals surface area (Å²) >= 11 is 0. The van der Waals surface area contributed by atoms with Gasteiger partial charge in [0.25, 0.3) is 0 Å². The molecule has 1 N–H and O–H groups in total. The van der Waals surface area contributed by atoms with E-state index in [4.69, 9.17) is 0 Å². The Morgan fingerprint density at radius 2 is 2.22 bits per heavy atom. The highest BCUT2D eigenvalue weighted by Crippen LogP contribution is 2.06. The zero-order valence-corrected chi connectivity index (χ0v) is 15.8. The summed E-state index contributed by atoms with van der Waals surface area (Å²) in [5.74, 6) is 0.588. The molecule has 0 aliphatic rings. The van der Waals surface area contributed by atoms with Crippen LogP contribution in [0.3, 0.4) is 0 Å². The van der Waals surface area contributed by atoms with Gasteiger partial charge in [-0.15, -0.1) is 24.0 Å². The minimum atomic E-state index is -0.216. The summed E-state index contributed by atoms with van der Waals surface area (Å²) in [4.78, 5) is 6.57. The third-order valence-electron chi connectivity index (χ3n) is 3.16. The molecule has 0 unspecified atom stereocenters. The number of aliphatic imine (C=N–C) groups is 1. The van der Waals surface area contributed by atoms with Crippen LogP contribution in [-0.4, -0.2) is 40.8 Å². The fraction of sp³-hybridized carbons (Fsp3) is 0.375. The van der Waals surface area contributed by atoms with Crippen molar-refractivity contribution < 1.29 is 4.39 Å². The van der Waals surface area contributed by atoms with Gasteiger partial charge in [-0.3, -0.25) is 9.67 Å². The first-order valence-corrected chi connectivity index (χ1v) is 7.40.